The highest BCUT2D eigenvalue weighted by atomic mass is 16.5. The number of benzene rings is 2. The number of ketones is 1. The number of aryl methyl sites for hydroxylation is 1. The number of ether oxygens (including phenoxy) is 4. The third-order valence-electron chi connectivity index (χ3n) is 7.31. The Hall–Kier alpha value is -4.85. The summed E-state index contributed by atoms with van der Waals surface area (Å²) >= 11 is 0. The van der Waals surface area contributed by atoms with Crippen LogP contribution in [0.25, 0.3) is 17.4 Å². The smallest absolute Gasteiger partial charge is 0.334 e. The quantitative estimate of drug-likeness (QED) is 0.184. The molecular formula is C33H30O8. The zero-order valence-electron chi connectivity index (χ0n) is 23.5. The number of allylic oxidation sites excluding steroid dienone is 4. The number of fused-ring (bicyclic) bond motifs is 1. The third kappa shape index (κ3) is 5.09. The standard InChI is InChI=1S/C33H30O8/c1-6-39-33(36)29-19(3)14-27-31(30(29)24-15-21(37-4)8-11-25(24)38-5)32(35)28(41-27)16-22-9-12-26(40-22)23-10-7-20(17-34)13-18(23)2/h7-17,30-31H,6H2,1-5H3/b28-16-. The van der Waals surface area contributed by atoms with Crippen LogP contribution in [0.15, 0.2) is 81.7 Å². The highest BCUT2D eigenvalue weighted by molar-refractivity contribution is 6.06. The molecule has 0 saturated carbocycles. The SMILES string of the molecule is CCOC(=O)C1=C(C)C=C2O/C(=C\c3ccc(-c4ccc(C=O)cc4C)o3)C(=O)C2C1c1cc(OC)ccc1OC. The minimum atomic E-state index is -0.821. The number of methoxy groups -OCH3 is 2. The van der Waals surface area contributed by atoms with E-state index in [1.54, 1.807) is 75.6 Å². The first-order chi connectivity index (χ1) is 19.8. The molecule has 1 fully saturated rings. The van der Waals surface area contributed by atoms with E-state index in [4.69, 9.17) is 23.4 Å². The molecule has 1 aromatic heterocycles. The predicted molar refractivity (Wildman–Crippen MR) is 152 cm³/mol. The molecule has 1 saturated heterocycles. The Morgan fingerprint density at radius 1 is 1.00 bits per heavy atom. The van der Waals surface area contributed by atoms with Crippen molar-refractivity contribution in [1.29, 1.82) is 0 Å². The summed E-state index contributed by atoms with van der Waals surface area (Å²) < 4.78 is 28.7. The second kappa shape index (κ2) is 11.3. The van der Waals surface area contributed by atoms with Crippen molar-refractivity contribution in [2.24, 2.45) is 5.92 Å². The number of esters is 1. The predicted octanol–water partition coefficient (Wildman–Crippen LogP) is 6.20. The monoisotopic (exact) mass is 554 g/mol. The highest BCUT2D eigenvalue weighted by Gasteiger charge is 2.49. The van der Waals surface area contributed by atoms with E-state index in [9.17, 15) is 14.4 Å². The molecule has 3 aromatic rings. The lowest BCUT2D eigenvalue weighted by molar-refractivity contribution is -0.139. The Morgan fingerprint density at radius 3 is 2.49 bits per heavy atom. The summed E-state index contributed by atoms with van der Waals surface area (Å²) in [6, 6.07) is 14.1. The van der Waals surface area contributed by atoms with Gasteiger partial charge in [0.2, 0.25) is 5.78 Å². The normalized spacial score (nSPS) is 19.0. The number of Topliss-reactive ketones (excluding diaryl/α,β-unsaturated/α-hetero) is 1. The van der Waals surface area contributed by atoms with E-state index in [-0.39, 0.29) is 18.1 Å². The Bertz CT molecular complexity index is 1630. The van der Waals surface area contributed by atoms with E-state index < -0.39 is 17.8 Å². The largest absolute Gasteiger partial charge is 0.497 e. The molecule has 0 amide bonds. The van der Waals surface area contributed by atoms with Gasteiger partial charge in [0.1, 0.15) is 35.1 Å². The minimum Gasteiger partial charge on any atom is -0.497 e. The summed E-state index contributed by atoms with van der Waals surface area (Å²) in [5.74, 6) is 0.234. The summed E-state index contributed by atoms with van der Waals surface area (Å²) in [5, 5.41) is 0. The molecule has 5 rings (SSSR count). The van der Waals surface area contributed by atoms with Gasteiger partial charge in [0.05, 0.1) is 26.7 Å². The Labute approximate surface area is 237 Å². The van der Waals surface area contributed by atoms with Gasteiger partial charge in [-0.2, -0.15) is 0 Å². The summed E-state index contributed by atoms with van der Waals surface area (Å²) in [4.78, 5) is 38.3. The van der Waals surface area contributed by atoms with Crippen LogP contribution in [0.3, 0.4) is 0 Å². The first-order valence-corrected chi connectivity index (χ1v) is 13.2. The fourth-order valence-corrected chi connectivity index (χ4v) is 5.42. The van der Waals surface area contributed by atoms with Crippen LogP contribution in [-0.2, 0) is 19.1 Å². The Morgan fingerprint density at radius 2 is 1.80 bits per heavy atom. The molecule has 2 atom stereocenters. The average molecular weight is 555 g/mol. The van der Waals surface area contributed by atoms with Gasteiger partial charge in [0.25, 0.3) is 0 Å². The van der Waals surface area contributed by atoms with Gasteiger partial charge in [0.15, 0.2) is 5.76 Å². The maximum atomic E-state index is 14.0. The van der Waals surface area contributed by atoms with E-state index in [1.165, 1.54) is 7.11 Å². The Balaban J connectivity index is 1.55. The summed E-state index contributed by atoms with van der Waals surface area (Å²) in [7, 11) is 3.08. The van der Waals surface area contributed by atoms with E-state index in [2.05, 4.69) is 0 Å². The number of carbonyl (C=O) groups is 3. The van der Waals surface area contributed by atoms with Crippen molar-refractivity contribution in [2.75, 3.05) is 20.8 Å². The molecule has 0 bridgehead atoms. The molecule has 2 heterocycles. The van der Waals surface area contributed by atoms with Crippen LogP contribution >= 0.6 is 0 Å². The zero-order chi connectivity index (χ0) is 29.3. The molecule has 2 aliphatic rings. The van der Waals surface area contributed by atoms with Crippen LogP contribution in [0, 0.1) is 12.8 Å². The first-order valence-electron chi connectivity index (χ1n) is 13.2. The van der Waals surface area contributed by atoms with Crippen molar-refractivity contribution < 1.29 is 37.7 Å². The van der Waals surface area contributed by atoms with Gasteiger partial charge < -0.3 is 23.4 Å². The van der Waals surface area contributed by atoms with Gasteiger partial charge in [0, 0.05) is 34.3 Å². The molecule has 1 aliphatic carbocycles. The lowest BCUT2D eigenvalue weighted by atomic mass is 9.73. The molecule has 1 aliphatic heterocycles. The van der Waals surface area contributed by atoms with Crippen LogP contribution in [0.2, 0.25) is 0 Å². The Kier molecular flexibility index (Phi) is 7.66. The van der Waals surface area contributed by atoms with Crippen LogP contribution in [-0.4, -0.2) is 38.9 Å². The average Bonchev–Trinajstić information content (AvgIpc) is 3.55. The molecule has 0 N–H and O–H groups in total. The molecule has 2 unspecified atom stereocenters. The number of carbonyl (C=O) groups excluding carboxylic acids is 3. The topological polar surface area (TPSA) is 101 Å². The lowest BCUT2D eigenvalue weighted by Crippen LogP contribution is -2.29. The number of rotatable bonds is 8. The maximum absolute atomic E-state index is 14.0. The zero-order valence-corrected chi connectivity index (χ0v) is 23.5. The van der Waals surface area contributed by atoms with E-state index >= 15 is 0 Å². The summed E-state index contributed by atoms with van der Waals surface area (Å²) in [6.45, 7) is 5.61. The van der Waals surface area contributed by atoms with Crippen molar-refractivity contribution in [3.8, 4) is 22.8 Å². The minimum absolute atomic E-state index is 0.0972. The summed E-state index contributed by atoms with van der Waals surface area (Å²) in [5.41, 5.74) is 3.90. The van der Waals surface area contributed by atoms with Gasteiger partial charge in [-0.3, -0.25) is 9.59 Å². The maximum Gasteiger partial charge on any atom is 0.334 e. The molecule has 8 nitrogen and oxygen atoms in total. The van der Waals surface area contributed by atoms with Crippen molar-refractivity contribution in [3.63, 3.8) is 0 Å². The second-order valence-corrected chi connectivity index (χ2v) is 9.80. The first kappa shape index (κ1) is 27.7. The van der Waals surface area contributed by atoms with Gasteiger partial charge in [-0.15, -0.1) is 0 Å². The van der Waals surface area contributed by atoms with Crippen molar-refractivity contribution >= 4 is 24.1 Å². The number of hydrogen-bond acceptors (Lipinski definition) is 8. The van der Waals surface area contributed by atoms with Crippen LogP contribution < -0.4 is 9.47 Å². The van der Waals surface area contributed by atoms with Crippen molar-refractivity contribution in [3.05, 3.63) is 99.7 Å². The molecule has 8 heteroatoms. The van der Waals surface area contributed by atoms with E-state index in [1.807, 2.05) is 13.0 Å². The molecule has 0 spiro atoms. The third-order valence-corrected chi connectivity index (χ3v) is 7.31. The van der Waals surface area contributed by atoms with Gasteiger partial charge in [-0.05, 0) is 74.4 Å². The van der Waals surface area contributed by atoms with Crippen LogP contribution in [0.1, 0.15) is 47.0 Å². The molecule has 210 valence electrons. The fraction of sp³-hybridized carbons (Fsp3) is 0.242. The molecule has 41 heavy (non-hydrogen) atoms. The van der Waals surface area contributed by atoms with Crippen LogP contribution in [0.4, 0.5) is 0 Å². The van der Waals surface area contributed by atoms with Crippen molar-refractivity contribution in [2.45, 2.75) is 26.7 Å². The fourth-order valence-electron chi connectivity index (χ4n) is 5.42. The van der Waals surface area contributed by atoms with Gasteiger partial charge in [-0.1, -0.05) is 12.1 Å². The van der Waals surface area contributed by atoms with Gasteiger partial charge in [-0.25, -0.2) is 4.79 Å². The van der Waals surface area contributed by atoms with E-state index in [0.717, 1.165) is 17.4 Å². The molecule has 0 radical (unpaired) electrons. The molecular weight excluding hydrogens is 524 g/mol. The van der Waals surface area contributed by atoms with Crippen molar-refractivity contribution in [1.82, 2.24) is 0 Å². The number of aldehydes is 1. The summed E-state index contributed by atoms with van der Waals surface area (Å²) in [6.07, 6.45) is 4.06. The van der Waals surface area contributed by atoms with Gasteiger partial charge >= 0.3 is 5.97 Å². The lowest BCUT2D eigenvalue weighted by Gasteiger charge is -2.30. The second-order valence-electron chi connectivity index (χ2n) is 9.80. The van der Waals surface area contributed by atoms with Crippen LogP contribution in [0.5, 0.6) is 11.5 Å². The van der Waals surface area contributed by atoms with E-state index in [0.29, 0.717) is 51.1 Å². The highest BCUT2D eigenvalue weighted by Crippen LogP contribution is 2.51. The number of furan rings is 1. The molecule has 2 aromatic carbocycles. The number of hydrogen-bond donors (Lipinski definition) is 0.